The molecule has 5 fully saturated rings. The van der Waals surface area contributed by atoms with Crippen molar-refractivity contribution in [1.82, 2.24) is 34.3 Å². The zero-order valence-electron chi connectivity index (χ0n) is 50.2. The summed E-state index contributed by atoms with van der Waals surface area (Å²) >= 11 is 0. The number of piperazine rings is 2. The van der Waals surface area contributed by atoms with Crippen LogP contribution in [0.1, 0.15) is 174 Å². The summed E-state index contributed by atoms with van der Waals surface area (Å²) < 4.78 is 27.6. The molecule has 71 heavy (non-hydrogen) atoms. The van der Waals surface area contributed by atoms with Gasteiger partial charge in [0.05, 0.1) is 30.5 Å². The van der Waals surface area contributed by atoms with Crippen LogP contribution in [0.4, 0.5) is 0 Å². The molecule has 5 aliphatic heterocycles. The molecule has 12 heteroatoms. The summed E-state index contributed by atoms with van der Waals surface area (Å²) in [5.74, 6) is 1.80. The molecule has 2 atom stereocenters. The van der Waals surface area contributed by atoms with Crippen LogP contribution in [0.3, 0.4) is 0 Å². The predicted molar refractivity (Wildman–Crippen MR) is 306 cm³/mol. The van der Waals surface area contributed by atoms with Crippen LogP contribution in [-0.4, -0.2) is 235 Å². The van der Waals surface area contributed by atoms with Gasteiger partial charge in [0.1, 0.15) is 0 Å². The third-order valence-corrected chi connectivity index (χ3v) is 14.0. The quantitative estimate of drug-likeness (QED) is 0.0776. The van der Waals surface area contributed by atoms with Gasteiger partial charge in [-0.05, 0) is 199 Å². The molecule has 5 aliphatic rings. The van der Waals surface area contributed by atoms with Crippen LogP contribution in [-0.2, 0) is 23.7 Å². The average Bonchev–Trinajstić information content (AvgIpc) is 3.33. The van der Waals surface area contributed by atoms with Crippen molar-refractivity contribution in [2.75, 3.05) is 164 Å². The minimum atomic E-state index is 0.373. The Morgan fingerprint density at radius 3 is 0.915 bits per heavy atom. The van der Waals surface area contributed by atoms with E-state index in [0.29, 0.717) is 36.6 Å². The van der Waals surface area contributed by atoms with Crippen LogP contribution >= 0.6 is 0 Å². The van der Waals surface area contributed by atoms with Crippen LogP contribution in [0.5, 0.6) is 0 Å². The highest BCUT2D eigenvalue weighted by molar-refractivity contribution is 4.75. The van der Waals surface area contributed by atoms with Crippen molar-refractivity contribution in [3.8, 4) is 0 Å². The lowest BCUT2D eigenvalue weighted by Gasteiger charge is -2.36. The van der Waals surface area contributed by atoms with E-state index in [-0.39, 0.29) is 0 Å². The largest absolute Gasteiger partial charge is 0.379 e. The number of likely N-dealkylation sites (tertiary alicyclic amines) is 3. The molecule has 0 saturated carbocycles. The van der Waals surface area contributed by atoms with Crippen LogP contribution in [0, 0.1) is 11.8 Å². The molecule has 0 aromatic carbocycles. The number of rotatable bonds is 26. The minimum Gasteiger partial charge on any atom is -0.379 e. The summed E-state index contributed by atoms with van der Waals surface area (Å²) in [6.45, 7) is 58.5. The molecular formula is C59H125N7O5. The first kappa shape index (κ1) is 68.5. The maximum absolute atomic E-state index is 5.56. The molecule has 0 bridgehead atoms. The van der Waals surface area contributed by atoms with Gasteiger partial charge in [0.2, 0.25) is 0 Å². The highest BCUT2D eigenvalue weighted by Crippen LogP contribution is 2.17. The maximum atomic E-state index is 5.56. The van der Waals surface area contributed by atoms with Gasteiger partial charge >= 0.3 is 0 Å². The second-order valence-electron chi connectivity index (χ2n) is 23.5. The van der Waals surface area contributed by atoms with E-state index in [1.54, 1.807) is 0 Å². The fraction of sp³-hybridized carbons (Fsp3) is 1.00. The van der Waals surface area contributed by atoms with Gasteiger partial charge in [0, 0.05) is 137 Å². The molecule has 0 spiro atoms. The van der Waals surface area contributed by atoms with Crippen LogP contribution < -0.4 is 0 Å². The average molecular weight is 1010 g/mol. The van der Waals surface area contributed by atoms with Crippen LogP contribution in [0.15, 0.2) is 0 Å². The molecule has 0 aromatic heterocycles. The molecule has 5 rings (SSSR count). The van der Waals surface area contributed by atoms with E-state index in [1.165, 1.54) is 201 Å². The van der Waals surface area contributed by atoms with Crippen molar-refractivity contribution < 1.29 is 23.7 Å². The lowest BCUT2D eigenvalue weighted by molar-refractivity contribution is 0.0604. The highest BCUT2D eigenvalue weighted by Gasteiger charge is 2.19. The van der Waals surface area contributed by atoms with E-state index < -0.39 is 0 Å². The molecule has 5 saturated heterocycles. The van der Waals surface area contributed by atoms with E-state index in [4.69, 9.17) is 23.7 Å². The molecule has 0 amide bonds. The molecule has 0 N–H and O–H groups in total. The number of nitrogens with zero attached hydrogens (tertiary/aromatic N) is 7. The minimum absolute atomic E-state index is 0.373. The maximum Gasteiger partial charge on any atom is 0.0518 e. The second-order valence-corrected chi connectivity index (χ2v) is 23.5. The molecule has 0 radical (unpaired) electrons. The smallest absolute Gasteiger partial charge is 0.0518 e. The Balaban J connectivity index is 0.000000444. The van der Waals surface area contributed by atoms with Gasteiger partial charge in [-0.3, -0.25) is 4.90 Å². The first-order valence-electron chi connectivity index (χ1n) is 30.1. The van der Waals surface area contributed by atoms with Crippen molar-refractivity contribution >= 4 is 0 Å². The van der Waals surface area contributed by atoms with Gasteiger partial charge in [-0.1, -0.05) is 20.3 Å². The van der Waals surface area contributed by atoms with E-state index in [1.807, 2.05) is 0 Å². The Bertz CT molecular complexity index is 1100. The van der Waals surface area contributed by atoms with E-state index in [0.717, 1.165) is 44.9 Å². The zero-order chi connectivity index (χ0) is 52.7. The summed E-state index contributed by atoms with van der Waals surface area (Å²) in [5, 5.41) is 0. The first-order valence-corrected chi connectivity index (χ1v) is 30.1. The molecule has 1 unspecified atom stereocenters. The molecule has 5 heterocycles. The lowest BCUT2D eigenvalue weighted by Crippen LogP contribution is -2.49. The first-order chi connectivity index (χ1) is 33.9. The molecular weight excluding hydrogens is 887 g/mol. The fourth-order valence-electron chi connectivity index (χ4n) is 9.77. The highest BCUT2D eigenvalue weighted by atomic mass is 16.5. The fourth-order valence-corrected chi connectivity index (χ4v) is 9.77. The summed E-state index contributed by atoms with van der Waals surface area (Å²) in [6, 6.07) is 0.700. The Morgan fingerprint density at radius 1 is 0.338 bits per heavy atom. The van der Waals surface area contributed by atoms with E-state index in [2.05, 4.69) is 138 Å². The Morgan fingerprint density at radius 2 is 0.620 bits per heavy atom. The Labute approximate surface area is 443 Å². The Hall–Kier alpha value is -0.480. The number of hydrogen-bond donors (Lipinski definition) is 0. The second kappa shape index (κ2) is 44.6. The van der Waals surface area contributed by atoms with Crippen LogP contribution in [0.2, 0.25) is 0 Å². The van der Waals surface area contributed by atoms with Gasteiger partial charge < -0.3 is 53.1 Å². The summed E-state index contributed by atoms with van der Waals surface area (Å²) in [6.07, 6.45) is 17.6. The normalized spacial score (nSPS) is 21.8. The monoisotopic (exact) mass is 1010 g/mol. The van der Waals surface area contributed by atoms with Crippen molar-refractivity contribution in [1.29, 1.82) is 0 Å². The number of ether oxygens (including phenoxy) is 5. The molecule has 0 aromatic rings. The third kappa shape index (κ3) is 42.3. The predicted octanol–water partition coefficient (Wildman–Crippen LogP) is 10.2. The van der Waals surface area contributed by atoms with E-state index >= 15 is 0 Å². The van der Waals surface area contributed by atoms with Crippen molar-refractivity contribution in [3.63, 3.8) is 0 Å². The standard InChI is InChI=1S/C13H28N2O.2C12H25NO.C11H24N2O.C11H23NO/c1-12(2)15-9-7-14(8-10-15)6-5-11-16-13(3)4;2*1-11(2)14-9-5-8-13-7-4-6-12(3)10-13;1-11(2)14-10-4-5-13-8-6-12(3)7-9-13;1-11(2)13-10-6-9-12-7-4-3-5-8-12/h12-13H,5-11H2,1-4H3;2*11-12H,4-10H2,1-3H3;11H,4-10H2,1-3H3;11H,3-10H2,1-2H3/t;12-;;;/m.0.../s1. The summed E-state index contributed by atoms with van der Waals surface area (Å²) in [5.41, 5.74) is 0. The third-order valence-electron chi connectivity index (χ3n) is 14.0. The number of hydrogen-bond acceptors (Lipinski definition) is 12. The topological polar surface area (TPSA) is 68.8 Å². The molecule has 12 nitrogen and oxygen atoms in total. The van der Waals surface area contributed by atoms with Crippen molar-refractivity contribution in [2.45, 2.75) is 211 Å². The molecule has 426 valence electrons. The molecule has 0 aliphatic carbocycles. The Kier molecular flexibility index (Phi) is 43.1. The number of likely N-dealkylation sites (N-methyl/N-ethyl adjacent to an activating group) is 1. The van der Waals surface area contributed by atoms with Crippen LogP contribution in [0.25, 0.3) is 0 Å². The lowest BCUT2D eigenvalue weighted by atomic mass is 10.0. The summed E-state index contributed by atoms with van der Waals surface area (Å²) in [7, 11) is 2.19. The van der Waals surface area contributed by atoms with Gasteiger partial charge in [-0.2, -0.15) is 0 Å². The van der Waals surface area contributed by atoms with Crippen molar-refractivity contribution in [2.24, 2.45) is 11.8 Å². The number of piperidine rings is 3. The van der Waals surface area contributed by atoms with Gasteiger partial charge in [0.15, 0.2) is 0 Å². The summed E-state index contributed by atoms with van der Waals surface area (Å²) in [4.78, 5) is 17.8. The SMILES string of the molecule is CC(C)OCCCN1CCCCC1.CC(C)OCCCN1CCC[C@H](C)C1.CC(C)OCCCN1CCN(C(C)C)CC1.CC(C)OCCCN1CCN(C)CC1.CC1CCCN(CCCOC(C)C)C1. The van der Waals surface area contributed by atoms with Gasteiger partial charge in [0.25, 0.3) is 0 Å². The van der Waals surface area contributed by atoms with Gasteiger partial charge in [-0.15, -0.1) is 0 Å². The van der Waals surface area contributed by atoms with Gasteiger partial charge in [-0.25, -0.2) is 0 Å². The zero-order valence-corrected chi connectivity index (χ0v) is 50.2. The van der Waals surface area contributed by atoms with Crippen molar-refractivity contribution in [3.05, 3.63) is 0 Å². The van der Waals surface area contributed by atoms with E-state index in [9.17, 15) is 0 Å².